The Labute approximate surface area is 316 Å². The molecule has 0 unspecified atom stereocenters. The Morgan fingerprint density at radius 3 is 2.46 bits per heavy atom. The molecule has 56 heavy (non-hydrogen) atoms. The fourth-order valence-corrected chi connectivity index (χ4v) is 6.88. The number of carbonyl (C=O) groups is 1. The van der Waals surface area contributed by atoms with Crippen molar-refractivity contribution in [1.82, 2.24) is 38.8 Å². The molecule has 8 rings (SSSR count). The van der Waals surface area contributed by atoms with E-state index in [-0.39, 0.29) is 34.5 Å². The number of ether oxygens (including phenoxy) is 1. The molecule has 3 aromatic carbocycles. The number of hydrogen-bond acceptors (Lipinski definition) is 10. The maximum atomic E-state index is 15.1. The fourth-order valence-electron chi connectivity index (χ4n) is 6.88. The molecule has 0 saturated carbocycles. The first-order valence-electron chi connectivity index (χ1n) is 17.7. The Morgan fingerprint density at radius 1 is 0.911 bits per heavy atom. The van der Waals surface area contributed by atoms with Crippen LogP contribution in [-0.2, 0) is 17.8 Å². The summed E-state index contributed by atoms with van der Waals surface area (Å²) in [7, 11) is 1.57. The molecule has 0 spiro atoms. The van der Waals surface area contributed by atoms with Gasteiger partial charge in [0.15, 0.2) is 11.5 Å². The zero-order chi connectivity index (χ0) is 38.9. The van der Waals surface area contributed by atoms with Crippen molar-refractivity contribution >= 4 is 45.2 Å². The Morgan fingerprint density at radius 2 is 1.71 bits per heavy atom. The summed E-state index contributed by atoms with van der Waals surface area (Å²) >= 11 is 0. The molecule has 0 bridgehead atoms. The van der Waals surface area contributed by atoms with Crippen LogP contribution in [0.2, 0.25) is 0 Å². The first-order chi connectivity index (χ1) is 27.2. The number of nitrogens with zero attached hydrogens (tertiary/aromatic N) is 8. The Hall–Kier alpha value is -7.01. The molecule has 2 N–H and O–H groups in total. The van der Waals surface area contributed by atoms with Crippen molar-refractivity contribution in [2.24, 2.45) is 0 Å². The van der Waals surface area contributed by atoms with Crippen LogP contribution in [0, 0.1) is 11.6 Å². The lowest BCUT2D eigenvalue weighted by Gasteiger charge is -2.36. The summed E-state index contributed by atoms with van der Waals surface area (Å²) in [5.41, 5.74) is 0.539. The Bertz CT molecular complexity index is 2780. The second-order valence-electron chi connectivity index (χ2n) is 13.1. The highest BCUT2D eigenvalue weighted by atomic mass is 19.1. The van der Waals surface area contributed by atoms with Gasteiger partial charge in [-0.05, 0) is 66.2 Å². The highest BCUT2D eigenvalue weighted by Crippen LogP contribution is 2.24. The van der Waals surface area contributed by atoms with Crippen LogP contribution in [0.25, 0.3) is 27.8 Å². The molecule has 1 amide bonds. The third-order valence-electron chi connectivity index (χ3n) is 9.68. The number of H-pyrrole nitrogens is 1. The standard InChI is InChI=1S/C39H34F2N10O5/c1-56-20-19-50-37(54)28-22-43-38(45-34(28)51(50)32-7-2-3-14-42-32)44-25-9-11-26(12-10-25)47-15-17-48(18-16-47)36(53)27-21-24(8-13-29(27)40)23-49-31-6-4-5-30(41)33(31)35(52)46-39(49)55/h2-14,21-22H,15-20,23H2,1H3,(H,43,44,45)(H,46,52,55). The molecule has 0 radical (unpaired) electrons. The van der Waals surface area contributed by atoms with E-state index < -0.39 is 28.8 Å². The van der Waals surface area contributed by atoms with Gasteiger partial charge in [0.1, 0.15) is 17.0 Å². The van der Waals surface area contributed by atoms with Crippen molar-refractivity contribution in [3.63, 3.8) is 0 Å². The average molecular weight is 761 g/mol. The molecule has 5 heterocycles. The van der Waals surface area contributed by atoms with E-state index in [1.54, 1.807) is 35.0 Å². The topological polar surface area (TPSA) is 165 Å². The summed E-state index contributed by atoms with van der Waals surface area (Å²) < 4.78 is 39.1. The number of carbonyl (C=O) groups excluding carboxylic acids is 1. The van der Waals surface area contributed by atoms with Crippen molar-refractivity contribution in [2.45, 2.75) is 13.1 Å². The van der Waals surface area contributed by atoms with Gasteiger partial charge in [0.2, 0.25) is 5.95 Å². The van der Waals surface area contributed by atoms with Crippen LogP contribution in [0.5, 0.6) is 0 Å². The van der Waals surface area contributed by atoms with Crippen LogP contribution < -0.4 is 27.0 Å². The van der Waals surface area contributed by atoms with E-state index in [9.17, 15) is 23.6 Å². The van der Waals surface area contributed by atoms with E-state index in [1.165, 1.54) is 39.7 Å². The number of nitrogens with one attached hydrogen (secondary N) is 2. The largest absolute Gasteiger partial charge is 0.383 e. The van der Waals surface area contributed by atoms with Crippen molar-refractivity contribution in [2.75, 3.05) is 50.1 Å². The van der Waals surface area contributed by atoms with E-state index in [2.05, 4.69) is 30.2 Å². The highest BCUT2D eigenvalue weighted by molar-refractivity contribution is 5.95. The fraction of sp³-hybridized carbons (Fsp3) is 0.205. The average Bonchev–Trinajstić information content (AvgIpc) is 3.49. The molecule has 1 aliphatic heterocycles. The van der Waals surface area contributed by atoms with Gasteiger partial charge in [-0.1, -0.05) is 18.2 Å². The van der Waals surface area contributed by atoms with Crippen LogP contribution in [-0.4, -0.2) is 84.6 Å². The first-order valence-corrected chi connectivity index (χ1v) is 17.7. The highest BCUT2D eigenvalue weighted by Gasteiger charge is 2.25. The number of fused-ring (bicyclic) bond motifs is 2. The van der Waals surface area contributed by atoms with Crippen LogP contribution in [0.15, 0.2) is 106 Å². The Balaban J connectivity index is 0.943. The number of hydrogen-bond donors (Lipinski definition) is 2. The van der Waals surface area contributed by atoms with Gasteiger partial charge in [-0.15, -0.1) is 0 Å². The minimum absolute atomic E-state index is 0.0866. The molecule has 7 aromatic rings. The van der Waals surface area contributed by atoms with E-state index in [4.69, 9.17) is 4.74 Å². The molecule has 17 heteroatoms. The maximum Gasteiger partial charge on any atom is 0.329 e. The van der Waals surface area contributed by atoms with Gasteiger partial charge in [0.25, 0.3) is 17.0 Å². The lowest BCUT2D eigenvalue weighted by Crippen LogP contribution is -2.49. The number of aromatic amines is 1. The molecule has 1 saturated heterocycles. The number of methoxy groups -OCH3 is 1. The summed E-state index contributed by atoms with van der Waals surface area (Å²) in [6.07, 6.45) is 3.13. The predicted octanol–water partition coefficient (Wildman–Crippen LogP) is 3.66. The van der Waals surface area contributed by atoms with Crippen LogP contribution in [0.3, 0.4) is 0 Å². The van der Waals surface area contributed by atoms with Crippen molar-refractivity contribution in [3.05, 3.63) is 145 Å². The third-order valence-corrected chi connectivity index (χ3v) is 9.68. The van der Waals surface area contributed by atoms with E-state index in [0.717, 1.165) is 17.8 Å². The third kappa shape index (κ3) is 6.79. The molecular formula is C39H34F2N10O5. The summed E-state index contributed by atoms with van der Waals surface area (Å²) in [6.45, 7) is 2.15. The molecule has 15 nitrogen and oxygen atoms in total. The number of piperazine rings is 1. The number of amides is 1. The summed E-state index contributed by atoms with van der Waals surface area (Å²) in [5.74, 6) is -1.16. The molecule has 1 aliphatic rings. The SMILES string of the molecule is COCCn1c(=O)c2cnc(Nc3ccc(N4CCN(C(=O)c5cc(Cn6c(=O)[nH]c(=O)c7c(F)cccc76)ccc5F)CC4)cc3)nc2n1-c1ccccn1. The van der Waals surface area contributed by atoms with E-state index in [1.807, 2.05) is 30.3 Å². The monoisotopic (exact) mass is 760 g/mol. The second kappa shape index (κ2) is 15.0. The first kappa shape index (κ1) is 36.0. The molecule has 1 fully saturated rings. The lowest BCUT2D eigenvalue weighted by atomic mass is 10.1. The minimum atomic E-state index is -0.842. The number of anilines is 3. The zero-order valence-corrected chi connectivity index (χ0v) is 30.0. The normalized spacial score (nSPS) is 13.1. The van der Waals surface area contributed by atoms with Crippen molar-refractivity contribution in [3.8, 4) is 5.82 Å². The molecule has 0 atom stereocenters. The van der Waals surface area contributed by atoms with Gasteiger partial charge in [0, 0.05) is 57.1 Å². The van der Waals surface area contributed by atoms with Gasteiger partial charge < -0.3 is 19.9 Å². The number of rotatable bonds is 10. The summed E-state index contributed by atoms with van der Waals surface area (Å²) in [4.78, 5) is 71.1. The number of halogens is 2. The second-order valence-corrected chi connectivity index (χ2v) is 13.1. The van der Waals surface area contributed by atoms with Gasteiger partial charge in [-0.25, -0.2) is 32.9 Å². The molecule has 4 aromatic heterocycles. The molecule has 0 aliphatic carbocycles. The van der Waals surface area contributed by atoms with Crippen LogP contribution in [0.4, 0.5) is 26.1 Å². The predicted molar refractivity (Wildman–Crippen MR) is 205 cm³/mol. The quantitative estimate of drug-likeness (QED) is 0.210. The minimum Gasteiger partial charge on any atom is -0.383 e. The van der Waals surface area contributed by atoms with E-state index >= 15 is 4.39 Å². The number of benzene rings is 3. The number of pyridine rings is 1. The van der Waals surface area contributed by atoms with Crippen molar-refractivity contribution in [1.29, 1.82) is 0 Å². The van der Waals surface area contributed by atoms with E-state index in [0.29, 0.717) is 67.4 Å². The van der Waals surface area contributed by atoms with Gasteiger partial charge in [-0.2, -0.15) is 4.98 Å². The Kier molecular flexibility index (Phi) is 9.65. The maximum absolute atomic E-state index is 15.1. The summed E-state index contributed by atoms with van der Waals surface area (Å²) in [6, 6.07) is 21.0. The lowest BCUT2D eigenvalue weighted by molar-refractivity contribution is 0.0742. The smallest absolute Gasteiger partial charge is 0.329 e. The van der Waals surface area contributed by atoms with Gasteiger partial charge >= 0.3 is 5.69 Å². The van der Waals surface area contributed by atoms with Crippen LogP contribution in [0.1, 0.15) is 15.9 Å². The van der Waals surface area contributed by atoms with Gasteiger partial charge in [-0.3, -0.25) is 23.9 Å². The zero-order valence-electron chi connectivity index (χ0n) is 30.0. The van der Waals surface area contributed by atoms with Crippen molar-refractivity contribution < 1.29 is 18.3 Å². The number of aromatic nitrogens is 7. The van der Waals surface area contributed by atoms with Crippen LogP contribution >= 0.6 is 0 Å². The van der Waals surface area contributed by atoms with Gasteiger partial charge in [0.05, 0.1) is 36.2 Å². The molecule has 284 valence electrons. The molecular weight excluding hydrogens is 726 g/mol. The summed E-state index contributed by atoms with van der Waals surface area (Å²) in [5, 5.41) is 3.29.